The number of carbonyl (C=O) groups excluding carboxylic acids is 2. The fourth-order valence-corrected chi connectivity index (χ4v) is 3.06. The van der Waals surface area contributed by atoms with Crippen LogP contribution in [0, 0.1) is 29.0 Å². The molecular formula is C21H28FN3O2. The first-order chi connectivity index (χ1) is 12.6. The van der Waals surface area contributed by atoms with Gasteiger partial charge in [-0.3, -0.25) is 9.59 Å². The van der Waals surface area contributed by atoms with Gasteiger partial charge in [-0.1, -0.05) is 13.8 Å². The second kappa shape index (κ2) is 8.51. The van der Waals surface area contributed by atoms with E-state index in [0.717, 1.165) is 25.3 Å². The monoisotopic (exact) mass is 373 g/mol. The van der Waals surface area contributed by atoms with Gasteiger partial charge in [0.15, 0.2) is 0 Å². The van der Waals surface area contributed by atoms with Crippen LogP contribution < -0.4 is 10.6 Å². The SMILES string of the molecule is CC(C)C(CNC(=O)C(C)(C)c1cc(F)cc(C#N)c1)C(=O)NC1CCC1. The standard InChI is InChI=1S/C21H28FN3O2/c1-13(2)18(19(26)25-17-6-5-7-17)12-24-20(27)21(3,4)15-8-14(11-23)9-16(22)10-15/h8-10,13,17-18H,5-7,12H2,1-4H3,(H,24,27)(H,25,26). The molecule has 0 aliphatic heterocycles. The van der Waals surface area contributed by atoms with Crippen molar-refractivity contribution in [2.75, 3.05) is 6.54 Å². The molecule has 146 valence electrons. The molecule has 0 saturated heterocycles. The van der Waals surface area contributed by atoms with Crippen LogP contribution in [0.4, 0.5) is 4.39 Å². The van der Waals surface area contributed by atoms with Crippen LogP contribution in [-0.4, -0.2) is 24.4 Å². The van der Waals surface area contributed by atoms with E-state index < -0.39 is 11.2 Å². The molecule has 1 aromatic carbocycles. The first-order valence-electron chi connectivity index (χ1n) is 9.45. The van der Waals surface area contributed by atoms with E-state index >= 15 is 0 Å². The molecule has 1 saturated carbocycles. The minimum atomic E-state index is -1.03. The van der Waals surface area contributed by atoms with Gasteiger partial charge in [0.2, 0.25) is 11.8 Å². The second-order valence-electron chi connectivity index (χ2n) is 8.16. The van der Waals surface area contributed by atoms with Crippen LogP contribution in [0.3, 0.4) is 0 Å². The quantitative estimate of drug-likeness (QED) is 0.771. The van der Waals surface area contributed by atoms with Crippen molar-refractivity contribution < 1.29 is 14.0 Å². The fraction of sp³-hybridized carbons (Fsp3) is 0.571. The minimum Gasteiger partial charge on any atom is -0.355 e. The Balaban J connectivity index is 2.06. The maximum Gasteiger partial charge on any atom is 0.230 e. The zero-order chi connectivity index (χ0) is 20.2. The molecule has 6 heteroatoms. The van der Waals surface area contributed by atoms with Gasteiger partial charge >= 0.3 is 0 Å². The Kier molecular flexibility index (Phi) is 6.59. The van der Waals surface area contributed by atoms with Gasteiger partial charge in [0.05, 0.1) is 23.0 Å². The molecule has 0 bridgehead atoms. The van der Waals surface area contributed by atoms with Crippen LogP contribution in [0.5, 0.6) is 0 Å². The molecule has 1 aliphatic rings. The number of carbonyl (C=O) groups is 2. The Morgan fingerprint density at radius 3 is 2.48 bits per heavy atom. The van der Waals surface area contributed by atoms with Crippen molar-refractivity contribution in [3.8, 4) is 6.07 Å². The fourth-order valence-electron chi connectivity index (χ4n) is 3.06. The van der Waals surface area contributed by atoms with Gasteiger partial charge in [-0.25, -0.2) is 4.39 Å². The van der Waals surface area contributed by atoms with Crippen molar-refractivity contribution in [2.45, 2.75) is 58.4 Å². The Bertz CT molecular complexity index is 748. The van der Waals surface area contributed by atoms with Gasteiger partial charge in [0.25, 0.3) is 0 Å². The van der Waals surface area contributed by atoms with Crippen LogP contribution in [0.15, 0.2) is 18.2 Å². The maximum absolute atomic E-state index is 13.8. The average molecular weight is 373 g/mol. The van der Waals surface area contributed by atoms with Crippen molar-refractivity contribution in [2.24, 2.45) is 11.8 Å². The number of nitrogens with zero attached hydrogens (tertiary/aromatic N) is 1. The van der Waals surface area contributed by atoms with E-state index in [0.29, 0.717) is 5.56 Å². The Morgan fingerprint density at radius 2 is 1.96 bits per heavy atom. The Hall–Kier alpha value is -2.42. The van der Waals surface area contributed by atoms with Gasteiger partial charge in [-0.15, -0.1) is 0 Å². The lowest BCUT2D eigenvalue weighted by Gasteiger charge is -2.31. The highest BCUT2D eigenvalue weighted by Gasteiger charge is 2.33. The molecule has 1 aliphatic carbocycles. The first kappa shape index (κ1) is 20.9. The number of rotatable bonds is 7. The molecular weight excluding hydrogens is 345 g/mol. The van der Waals surface area contributed by atoms with Gasteiger partial charge in [0, 0.05) is 12.6 Å². The lowest BCUT2D eigenvalue weighted by molar-refractivity contribution is -0.129. The highest BCUT2D eigenvalue weighted by atomic mass is 19.1. The number of benzene rings is 1. The average Bonchev–Trinajstić information content (AvgIpc) is 2.57. The molecule has 2 N–H and O–H groups in total. The van der Waals surface area contributed by atoms with Crippen molar-refractivity contribution in [1.29, 1.82) is 5.26 Å². The summed E-state index contributed by atoms with van der Waals surface area (Å²) < 4.78 is 13.8. The maximum atomic E-state index is 13.8. The van der Waals surface area contributed by atoms with Crippen LogP contribution in [0.25, 0.3) is 0 Å². The van der Waals surface area contributed by atoms with Crippen LogP contribution >= 0.6 is 0 Å². The van der Waals surface area contributed by atoms with Gasteiger partial charge in [-0.2, -0.15) is 5.26 Å². The predicted molar refractivity (Wildman–Crippen MR) is 101 cm³/mol. The number of amides is 2. The molecule has 1 atom stereocenters. The topological polar surface area (TPSA) is 82.0 Å². The van der Waals surface area contributed by atoms with Crippen LogP contribution in [0.2, 0.25) is 0 Å². The normalized spacial score (nSPS) is 15.6. The van der Waals surface area contributed by atoms with Gasteiger partial charge < -0.3 is 10.6 Å². The van der Waals surface area contributed by atoms with Crippen LogP contribution in [0.1, 0.15) is 58.1 Å². The molecule has 2 rings (SSSR count). The van der Waals surface area contributed by atoms with E-state index in [2.05, 4.69) is 10.6 Å². The number of nitrogens with one attached hydrogen (secondary N) is 2. The smallest absolute Gasteiger partial charge is 0.230 e. The largest absolute Gasteiger partial charge is 0.355 e. The minimum absolute atomic E-state index is 0.0367. The van der Waals surface area contributed by atoms with Crippen molar-refractivity contribution >= 4 is 11.8 Å². The molecule has 1 aromatic rings. The zero-order valence-corrected chi connectivity index (χ0v) is 16.4. The van der Waals surface area contributed by atoms with E-state index in [1.54, 1.807) is 13.8 Å². The summed E-state index contributed by atoms with van der Waals surface area (Å²) >= 11 is 0. The molecule has 0 spiro atoms. The molecule has 1 fully saturated rings. The van der Waals surface area contributed by atoms with Crippen LogP contribution in [-0.2, 0) is 15.0 Å². The second-order valence-corrected chi connectivity index (χ2v) is 8.16. The summed E-state index contributed by atoms with van der Waals surface area (Å²) in [6.07, 6.45) is 3.16. The number of hydrogen-bond donors (Lipinski definition) is 2. The lowest BCUT2D eigenvalue weighted by Crippen LogP contribution is -2.49. The van der Waals surface area contributed by atoms with Gasteiger partial charge in [-0.05, 0) is 62.8 Å². The highest BCUT2D eigenvalue weighted by Crippen LogP contribution is 2.26. The third kappa shape index (κ3) is 5.06. The molecule has 1 unspecified atom stereocenters. The van der Waals surface area contributed by atoms with E-state index in [1.165, 1.54) is 12.1 Å². The summed E-state index contributed by atoms with van der Waals surface area (Å²) in [4.78, 5) is 25.3. The Labute approximate surface area is 160 Å². The number of hydrogen-bond acceptors (Lipinski definition) is 3. The third-order valence-corrected chi connectivity index (χ3v) is 5.39. The molecule has 0 aromatic heterocycles. The Morgan fingerprint density at radius 1 is 1.30 bits per heavy atom. The molecule has 5 nitrogen and oxygen atoms in total. The number of nitriles is 1. The molecule has 2 amide bonds. The molecule has 0 heterocycles. The summed E-state index contributed by atoms with van der Waals surface area (Å²) in [5, 5.41) is 14.9. The third-order valence-electron chi connectivity index (χ3n) is 5.39. The predicted octanol–water partition coefficient (Wildman–Crippen LogP) is 3.03. The van der Waals surface area contributed by atoms with Gasteiger partial charge in [0.1, 0.15) is 5.82 Å². The molecule has 27 heavy (non-hydrogen) atoms. The highest BCUT2D eigenvalue weighted by molar-refractivity contribution is 5.88. The van der Waals surface area contributed by atoms with E-state index in [9.17, 15) is 14.0 Å². The van der Waals surface area contributed by atoms with Crippen molar-refractivity contribution in [1.82, 2.24) is 10.6 Å². The summed E-state index contributed by atoms with van der Waals surface area (Å²) in [6.45, 7) is 7.48. The van der Waals surface area contributed by atoms with Crippen molar-refractivity contribution in [3.05, 3.63) is 35.1 Å². The summed E-state index contributed by atoms with van der Waals surface area (Å²) in [5.41, 5.74) is -0.429. The summed E-state index contributed by atoms with van der Waals surface area (Å²) in [7, 11) is 0. The zero-order valence-electron chi connectivity index (χ0n) is 16.4. The summed E-state index contributed by atoms with van der Waals surface area (Å²) in [5.74, 6) is -1.14. The number of halogens is 1. The van der Waals surface area contributed by atoms with E-state index in [-0.39, 0.29) is 41.8 Å². The van der Waals surface area contributed by atoms with E-state index in [1.807, 2.05) is 19.9 Å². The molecule has 0 radical (unpaired) electrons. The lowest BCUT2D eigenvalue weighted by atomic mass is 9.82. The summed E-state index contributed by atoms with van der Waals surface area (Å²) in [6, 6.07) is 6.08. The first-order valence-corrected chi connectivity index (χ1v) is 9.45. The van der Waals surface area contributed by atoms with E-state index in [4.69, 9.17) is 5.26 Å². The van der Waals surface area contributed by atoms with Crippen molar-refractivity contribution in [3.63, 3.8) is 0 Å².